The summed E-state index contributed by atoms with van der Waals surface area (Å²) in [5.74, 6) is 3.60. The van der Waals surface area contributed by atoms with Gasteiger partial charge in [0.2, 0.25) is 15.9 Å². The van der Waals surface area contributed by atoms with Crippen molar-refractivity contribution in [3.8, 4) is 0 Å². The van der Waals surface area contributed by atoms with Gasteiger partial charge in [0, 0.05) is 0 Å². The maximum atomic E-state index is 11.7. The molecule has 0 heterocycles. The van der Waals surface area contributed by atoms with E-state index >= 15 is 0 Å². The van der Waals surface area contributed by atoms with Gasteiger partial charge in [-0.3, -0.25) is 15.0 Å². The van der Waals surface area contributed by atoms with Crippen molar-refractivity contribution in [2.45, 2.75) is 4.90 Å². The zero-order valence-corrected chi connectivity index (χ0v) is 10.7. The van der Waals surface area contributed by atoms with E-state index in [1.807, 2.05) is 5.43 Å². The molecule has 0 radical (unpaired) electrons. The van der Waals surface area contributed by atoms with Crippen LogP contribution in [-0.2, 0) is 19.6 Å². The largest absolute Gasteiger partial charge is 0.346 e. The minimum atomic E-state index is -3.74. The van der Waals surface area contributed by atoms with Crippen molar-refractivity contribution in [1.29, 1.82) is 0 Å². The van der Waals surface area contributed by atoms with E-state index in [9.17, 15) is 18.0 Å². The average Bonchev–Trinajstić information content (AvgIpc) is 2.43. The van der Waals surface area contributed by atoms with E-state index in [0.29, 0.717) is 0 Å². The van der Waals surface area contributed by atoms with Crippen LogP contribution >= 0.6 is 0 Å². The highest BCUT2D eigenvalue weighted by Crippen LogP contribution is 2.06. The molecule has 19 heavy (non-hydrogen) atoms. The lowest BCUT2D eigenvalue weighted by atomic mass is 10.4. The van der Waals surface area contributed by atoms with E-state index < -0.39 is 28.4 Å². The van der Waals surface area contributed by atoms with Crippen molar-refractivity contribution in [3.63, 3.8) is 0 Å². The number of hydrogen-bond donors (Lipinski definition) is 4. The van der Waals surface area contributed by atoms with E-state index in [4.69, 9.17) is 5.84 Å². The molecule has 9 heteroatoms. The van der Waals surface area contributed by atoms with Crippen molar-refractivity contribution < 1.29 is 18.0 Å². The maximum Gasteiger partial charge on any atom is 0.253 e. The van der Waals surface area contributed by atoms with Crippen LogP contribution in [0.15, 0.2) is 35.2 Å². The molecule has 104 valence electrons. The van der Waals surface area contributed by atoms with Crippen molar-refractivity contribution >= 4 is 21.8 Å². The third-order valence-corrected chi connectivity index (χ3v) is 3.50. The Morgan fingerprint density at radius 1 is 1.05 bits per heavy atom. The van der Waals surface area contributed by atoms with Crippen molar-refractivity contribution in [3.05, 3.63) is 30.3 Å². The highest BCUT2D eigenvalue weighted by Gasteiger charge is 2.14. The molecule has 2 amide bonds. The molecule has 0 unspecified atom stereocenters. The van der Waals surface area contributed by atoms with Gasteiger partial charge in [-0.1, -0.05) is 18.2 Å². The number of sulfonamides is 1. The Balaban J connectivity index is 2.48. The van der Waals surface area contributed by atoms with E-state index in [2.05, 4.69) is 10.0 Å². The first-order valence-corrected chi connectivity index (χ1v) is 6.75. The summed E-state index contributed by atoms with van der Waals surface area (Å²) in [5, 5.41) is 2.20. The molecule has 1 aromatic carbocycles. The van der Waals surface area contributed by atoms with E-state index in [1.54, 1.807) is 18.2 Å². The molecular formula is C10H14N4O4S. The second kappa shape index (κ2) is 6.83. The van der Waals surface area contributed by atoms with Gasteiger partial charge in [-0.25, -0.2) is 19.0 Å². The molecule has 0 aliphatic rings. The Morgan fingerprint density at radius 2 is 1.68 bits per heavy atom. The van der Waals surface area contributed by atoms with E-state index in [1.165, 1.54) is 12.1 Å². The molecule has 0 atom stereocenters. The molecule has 1 aromatic rings. The van der Waals surface area contributed by atoms with Crippen molar-refractivity contribution in [2.24, 2.45) is 5.84 Å². The number of hydrazine groups is 1. The first kappa shape index (κ1) is 15.1. The molecule has 0 aliphatic heterocycles. The van der Waals surface area contributed by atoms with Crippen LogP contribution in [0.4, 0.5) is 0 Å². The van der Waals surface area contributed by atoms with Gasteiger partial charge in [-0.15, -0.1) is 0 Å². The predicted octanol–water partition coefficient (Wildman–Crippen LogP) is -1.93. The number of benzene rings is 1. The standard InChI is InChI=1S/C10H14N4O4S/c11-14-10(16)6-12-9(15)7-13-19(17,18)8-4-2-1-3-5-8/h1-5,13H,6-7,11H2,(H,12,15)(H,14,16). The number of rotatable bonds is 6. The number of hydrogen-bond acceptors (Lipinski definition) is 5. The first-order valence-electron chi connectivity index (χ1n) is 5.26. The quantitative estimate of drug-likeness (QED) is 0.275. The van der Waals surface area contributed by atoms with Gasteiger partial charge in [-0.05, 0) is 12.1 Å². The third kappa shape index (κ3) is 5.04. The van der Waals surface area contributed by atoms with Crippen LogP contribution in [-0.4, -0.2) is 33.3 Å². The van der Waals surface area contributed by atoms with Gasteiger partial charge in [0.05, 0.1) is 18.0 Å². The van der Waals surface area contributed by atoms with Gasteiger partial charge in [0.1, 0.15) is 0 Å². The fraction of sp³-hybridized carbons (Fsp3) is 0.200. The zero-order valence-electron chi connectivity index (χ0n) is 9.92. The molecule has 8 nitrogen and oxygen atoms in total. The summed E-state index contributed by atoms with van der Waals surface area (Å²) in [5.41, 5.74) is 1.83. The Kier molecular flexibility index (Phi) is 5.42. The van der Waals surface area contributed by atoms with Crippen LogP contribution in [0.5, 0.6) is 0 Å². The third-order valence-electron chi connectivity index (χ3n) is 2.08. The summed E-state index contributed by atoms with van der Waals surface area (Å²) in [6.45, 7) is -0.780. The predicted molar refractivity (Wildman–Crippen MR) is 67.0 cm³/mol. The Morgan fingerprint density at radius 3 is 2.26 bits per heavy atom. The van der Waals surface area contributed by atoms with Crippen molar-refractivity contribution in [1.82, 2.24) is 15.5 Å². The summed E-state index contributed by atoms with van der Waals surface area (Å²) >= 11 is 0. The number of carbonyl (C=O) groups excluding carboxylic acids is 2. The van der Waals surface area contributed by atoms with Gasteiger partial charge in [0.25, 0.3) is 5.91 Å². The van der Waals surface area contributed by atoms with Crippen LogP contribution in [0.2, 0.25) is 0 Å². The lowest BCUT2D eigenvalue weighted by Crippen LogP contribution is -2.43. The van der Waals surface area contributed by atoms with E-state index in [-0.39, 0.29) is 11.4 Å². The molecule has 0 spiro atoms. The molecule has 5 N–H and O–H groups in total. The number of amides is 2. The minimum absolute atomic E-state index is 0.0579. The highest BCUT2D eigenvalue weighted by molar-refractivity contribution is 7.89. The maximum absolute atomic E-state index is 11.7. The summed E-state index contributed by atoms with van der Waals surface area (Å²) in [7, 11) is -3.74. The van der Waals surface area contributed by atoms with E-state index in [0.717, 1.165) is 0 Å². The SMILES string of the molecule is NNC(=O)CNC(=O)CNS(=O)(=O)c1ccccc1. The highest BCUT2D eigenvalue weighted by atomic mass is 32.2. The van der Waals surface area contributed by atoms with Gasteiger partial charge in [-0.2, -0.15) is 0 Å². The van der Waals surface area contributed by atoms with Gasteiger partial charge < -0.3 is 5.32 Å². The second-order valence-electron chi connectivity index (χ2n) is 3.48. The zero-order chi connectivity index (χ0) is 14.3. The van der Waals surface area contributed by atoms with Crippen LogP contribution in [0, 0.1) is 0 Å². The Bertz CT molecular complexity index is 544. The summed E-state index contributed by atoms with van der Waals surface area (Å²) in [6, 6.07) is 7.63. The summed E-state index contributed by atoms with van der Waals surface area (Å²) in [6.07, 6.45) is 0. The second-order valence-corrected chi connectivity index (χ2v) is 5.25. The fourth-order valence-corrected chi connectivity index (χ4v) is 2.14. The smallest absolute Gasteiger partial charge is 0.253 e. The monoisotopic (exact) mass is 286 g/mol. The van der Waals surface area contributed by atoms with Gasteiger partial charge >= 0.3 is 0 Å². The summed E-state index contributed by atoms with van der Waals surface area (Å²) in [4.78, 5) is 22.1. The average molecular weight is 286 g/mol. The molecular weight excluding hydrogens is 272 g/mol. The molecule has 0 saturated heterocycles. The number of carbonyl (C=O) groups is 2. The molecule has 0 saturated carbocycles. The molecule has 1 rings (SSSR count). The lowest BCUT2D eigenvalue weighted by Gasteiger charge is -2.07. The van der Waals surface area contributed by atoms with Crippen LogP contribution < -0.4 is 21.3 Å². The Labute approximate surface area is 110 Å². The molecule has 0 aromatic heterocycles. The summed E-state index contributed by atoms with van der Waals surface area (Å²) < 4.78 is 25.6. The fourth-order valence-electron chi connectivity index (χ4n) is 1.14. The lowest BCUT2D eigenvalue weighted by molar-refractivity contribution is -0.125. The van der Waals surface area contributed by atoms with Crippen LogP contribution in [0.25, 0.3) is 0 Å². The topological polar surface area (TPSA) is 130 Å². The minimum Gasteiger partial charge on any atom is -0.346 e. The molecule has 0 aliphatic carbocycles. The number of nitrogens with one attached hydrogen (secondary N) is 3. The normalized spacial score (nSPS) is 10.8. The van der Waals surface area contributed by atoms with Gasteiger partial charge in [0.15, 0.2) is 0 Å². The first-order chi connectivity index (χ1) is 8.95. The number of nitrogens with two attached hydrogens (primary N) is 1. The molecule has 0 bridgehead atoms. The van der Waals surface area contributed by atoms with Crippen LogP contribution in [0.1, 0.15) is 0 Å². The Hall–Kier alpha value is -1.97. The molecule has 0 fully saturated rings. The van der Waals surface area contributed by atoms with Crippen molar-refractivity contribution in [2.75, 3.05) is 13.1 Å². The van der Waals surface area contributed by atoms with Crippen LogP contribution in [0.3, 0.4) is 0 Å².